The Hall–Kier alpha value is -3.04. The van der Waals surface area contributed by atoms with Crippen molar-refractivity contribution in [2.45, 2.75) is 0 Å². The molecule has 0 fully saturated rings. The number of nitriles is 1. The minimum absolute atomic E-state index is 0.0158. The summed E-state index contributed by atoms with van der Waals surface area (Å²) in [5, 5.41) is 21.1. The number of nitro groups is 1. The summed E-state index contributed by atoms with van der Waals surface area (Å²) >= 11 is 5.83. The van der Waals surface area contributed by atoms with Gasteiger partial charge in [-0.1, -0.05) is 23.7 Å². The first-order chi connectivity index (χ1) is 11.1. The molecule has 6 nitrogen and oxygen atoms in total. The van der Waals surface area contributed by atoms with E-state index in [2.05, 4.69) is 0 Å². The van der Waals surface area contributed by atoms with Crippen LogP contribution in [0.5, 0.6) is 11.5 Å². The second kappa shape index (κ2) is 5.99. The molecule has 2 aromatic carbocycles. The van der Waals surface area contributed by atoms with Gasteiger partial charge in [-0.2, -0.15) is 5.26 Å². The van der Waals surface area contributed by atoms with Crippen LogP contribution in [0, 0.1) is 21.4 Å². The highest BCUT2D eigenvalue weighted by molar-refractivity contribution is 6.30. The molecule has 114 valence electrons. The lowest BCUT2D eigenvalue weighted by atomic mass is 10.0. The smallest absolute Gasteiger partial charge is 0.280 e. The zero-order valence-electron chi connectivity index (χ0n) is 11.7. The monoisotopic (exact) mass is 328 g/mol. The minimum Gasteiger partial charge on any atom is -0.454 e. The lowest BCUT2D eigenvalue weighted by Gasteiger charge is -2.03. The van der Waals surface area contributed by atoms with E-state index >= 15 is 0 Å². The summed E-state index contributed by atoms with van der Waals surface area (Å²) in [5.41, 5.74) is 1.01. The first kappa shape index (κ1) is 14.9. The van der Waals surface area contributed by atoms with Crippen molar-refractivity contribution in [3.63, 3.8) is 0 Å². The van der Waals surface area contributed by atoms with Gasteiger partial charge in [0, 0.05) is 5.02 Å². The van der Waals surface area contributed by atoms with E-state index in [1.165, 1.54) is 18.2 Å². The lowest BCUT2D eigenvalue weighted by molar-refractivity contribution is -0.385. The number of rotatable bonds is 3. The van der Waals surface area contributed by atoms with Gasteiger partial charge in [0.2, 0.25) is 6.79 Å². The molecule has 0 spiro atoms. The highest BCUT2D eigenvalue weighted by Gasteiger charge is 2.22. The molecule has 1 aliphatic heterocycles. The maximum Gasteiger partial charge on any atom is 0.280 e. The van der Waals surface area contributed by atoms with Crippen molar-refractivity contribution in [2.24, 2.45) is 0 Å². The largest absolute Gasteiger partial charge is 0.454 e. The maximum absolute atomic E-state index is 11.3. The second-order valence-corrected chi connectivity index (χ2v) is 5.13. The Morgan fingerprint density at radius 1 is 1.26 bits per heavy atom. The fourth-order valence-electron chi connectivity index (χ4n) is 2.19. The number of hydrogen-bond donors (Lipinski definition) is 0. The predicted octanol–water partition coefficient (Wildman–Crippen LogP) is 4.04. The molecule has 1 heterocycles. The summed E-state index contributed by atoms with van der Waals surface area (Å²) in [4.78, 5) is 10.7. The van der Waals surface area contributed by atoms with Crippen molar-refractivity contribution in [3.05, 3.63) is 62.7 Å². The Morgan fingerprint density at radius 3 is 2.52 bits per heavy atom. The molecule has 0 aliphatic carbocycles. The highest BCUT2D eigenvalue weighted by Crippen LogP contribution is 2.39. The van der Waals surface area contributed by atoms with Crippen LogP contribution in [0.4, 0.5) is 5.69 Å². The molecule has 0 saturated carbocycles. The summed E-state index contributed by atoms with van der Waals surface area (Å²) in [6, 6.07) is 11.5. The third-order valence-corrected chi connectivity index (χ3v) is 3.55. The fraction of sp³-hybridized carbons (Fsp3) is 0.0625. The van der Waals surface area contributed by atoms with Crippen molar-refractivity contribution in [2.75, 3.05) is 6.79 Å². The van der Waals surface area contributed by atoms with E-state index in [0.29, 0.717) is 22.1 Å². The molecule has 1 aliphatic rings. The first-order valence-corrected chi connectivity index (χ1v) is 6.92. The van der Waals surface area contributed by atoms with Gasteiger partial charge in [0.05, 0.1) is 28.2 Å². The van der Waals surface area contributed by atoms with E-state index in [1.807, 2.05) is 6.07 Å². The maximum atomic E-state index is 11.3. The molecule has 0 aromatic heterocycles. The highest BCUT2D eigenvalue weighted by atomic mass is 35.5. The van der Waals surface area contributed by atoms with Gasteiger partial charge in [-0.3, -0.25) is 10.1 Å². The van der Waals surface area contributed by atoms with E-state index < -0.39 is 4.92 Å². The summed E-state index contributed by atoms with van der Waals surface area (Å²) in [6.07, 6.45) is 1.45. The Kier molecular flexibility index (Phi) is 3.87. The van der Waals surface area contributed by atoms with E-state index in [-0.39, 0.29) is 23.6 Å². The van der Waals surface area contributed by atoms with Gasteiger partial charge in [0.25, 0.3) is 5.69 Å². The molecule has 0 N–H and O–H groups in total. The fourth-order valence-corrected chi connectivity index (χ4v) is 2.31. The van der Waals surface area contributed by atoms with Crippen LogP contribution in [0.2, 0.25) is 5.02 Å². The van der Waals surface area contributed by atoms with Gasteiger partial charge in [-0.05, 0) is 29.8 Å². The van der Waals surface area contributed by atoms with Crippen molar-refractivity contribution in [1.29, 1.82) is 5.26 Å². The van der Waals surface area contributed by atoms with Crippen LogP contribution >= 0.6 is 11.6 Å². The van der Waals surface area contributed by atoms with Crippen LogP contribution in [0.25, 0.3) is 11.6 Å². The second-order valence-electron chi connectivity index (χ2n) is 4.70. The summed E-state index contributed by atoms with van der Waals surface area (Å²) in [7, 11) is 0. The minimum atomic E-state index is -0.523. The van der Waals surface area contributed by atoms with Crippen LogP contribution in [0.15, 0.2) is 36.4 Å². The zero-order valence-corrected chi connectivity index (χ0v) is 12.4. The molecule has 0 amide bonds. The van der Waals surface area contributed by atoms with Crippen molar-refractivity contribution in [3.8, 4) is 17.6 Å². The Labute approximate surface area is 136 Å². The quantitative estimate of drug-likeness (QED) is 0.367. The summed E-state index contributed by atoms with van der Waals surface area (Å²) in [5.74, 6) is 0.731. The SMILES string of the molecule is N#C/C(=C/c1cc2c(cc1[N+](=O)[O-])OCO2)c1ccc(Cl)cc1. The Balaban J connectivity index is 2.11. The predicted molar refractivity (Wildman–Crippen MR) is 84.2 cm³/mol. The Bertz CT molecular complexity index is 854. The molecule has 0 bridgehead atoms. The van der Waals surface area contributed by atoms with Gasteiger partial charge < -0.3 is 9.47 Å². The topological polar surface area (TPSA) is 85.4 Å². The molecular formula is C16H9ClN2O4. The molecular weight excluding hydrogens is 320 g/mol. The number of hydrogen-bond acceptors (Lipinski definition) is 5. The van der Waals surface area contributed by atoms with E-state index in [9.17, 15) is 15.4 Å². The van der Waals surface area contributed by atoms with Crippen molar-refractivity contribution < 1.29 is 14.4 Å². The van der Waals surface area contributed by atoms with E-state index in [4.69, 9.17) is 21.1 Å². The Morgan fingerprint density at radius 2 is 1.91 bits per heavy atom. The van der Waals surface area contributed by atoms with E-state index in [1.54, 1.807) is 24.3 Å². The zero-order chi connectivity index (χ0) is 16.4. The van der Waals surface area contributed by atoms with Crippen molar-refractivity contribution >= 4 is 28.9 Å². The molecule has 7 heteroatoms. The number of ether oxygens (including phenoxy) is 2. The van der Waals surface area contributed by atoms with Gasteiger partial charge in [0.1, 0.15) is 0 Å². The van der Waals surface area contributed by atoms with Gasteiger partial charge in [0.15, 0.2) is 11.5 Å². The van der Waals surface area contributed by atoms with Gasteiger partial charge in [-0.15, -0.1) is 0 Å². The van der Waals surface area contributed by atoms with Crippen LogP contribution in [0.1, 0.15) is 11.1 Å². The van der Waals surface area contributed by atoms with Crippen LogP contribution in [-0.4, -0.2) is 11.7 Å². The van der Waals surface area contributed by atoms with Crippen LogP contribution < -0.4 is 9.47 Å². The molecule has 0 saturated heterocycles. The van der Waals surface area contributed by atoms with Gasteiger partial charge in [-0.25, -0.2) is 0 Å². The normalized spacial score (nSPS) is 12.8. The number of allylic oxidation sites excluding steroid dienone is 1. The lowest BCUT2D eigenvalue weighted by Crippen LogP contribution is -1.93. The molecule has 23 heavy (non-hydrogen) atoms. The summed E-state index contributed by atoms with van der Waals surface area (Å²) in [6.45, 7) is 0.0158. The van der Waals surface area contributed by atoms with Gasteiger partial charge >= 0.3 is 0 Å². The molecule has 0 atom stereocenters. The first-order valence-electron chi connectivity index (χ1n) is 6.54. The average molecular weight is 329 g/mol. The third kappa shape index (κ3) is 2.96. The molecule has 3 rings (SSSR count). The van der Waals surface area contributed by atoms with Crippen molar-refractivity contribution in [1.82, 2.24) is 0 Å². The number of fused-ring (bicyclic) bond motifs is 1. The molecule has 0 unspecified atom stereocenters. The molecule has 2 aromatic rings. The number of halogens is 1. The number of nitrogens with zero attached hydrogens (tertiary/aromatic N) is 2. The van der Waals surface area contributed by atoms with Crippen LogP contribution in [0.3, 0.4) is 0 Å². The number of nitro benzene ring substituents is 1. The van der Waals surface area contributed by atoms with E-state index in [0.717, 1.165) is 0 Å². The summed E-state index contributed by atoms with van der Waals surface area (Å²) < 4.78 is 10.4. The van der Waals surface area contributed by atoms with Crippen LogP contribution in [-0.2, 0) is 0 Å². The standard InChI is InChI=1S/C16H9ClN2O4/c17-13-3-1-10(2-4-13)12(8-18)5-11-6-15-16(23-9-22-15)7-14(11)19(20)21/h1-7H,9H2/b12-5-. The average Bonchev–Trinajstić information content (AvgIpc) is 3.00. The number of benzene rings is 2. The third-order valence-electron chi connectivity index (χ3n) is 3.29. The molecule has 0 radical (unpaired) electrons.